The Bertz CT molecular complexity index is 215. The minimum absolute atomic E-state index is 0.922. The van der Waals surface area contributed by atoms with E-state index < -0.39 is 0 Å². The predicted molar refractivity (Wildman–Crippen MR) is 65.9 cm³/mol. The van der Waals surface area contributed by atoms with Gasteiger partial charge in [0.2, 0.25) is 0 Å². The van der Waals surface area contributed by atoms with Gasteiger partial charge in [-0.2, -0.15) is 0 Å². The first-order valence-electron chi connectivity index (χ1n) is 6.79. The lowest BCUT2D eigenvalue weighted by Gasteiger charge is -2.27. The van der Waals surface area contributed by atoms with Crippen LogP contribution >= 0.6 is 0 Å². The predicted octanol–water partition coefficient (Wildman–Crippen LogP) is 3.51. The maximum absolute atomic E-state index is 3.60. The second-order valence-electron chi connectivity index (χ2n) is 5.19. The normalized spacial score (nSPS) is 25.7. The van der Waals surface area contributed by atoms with Crippen molar-refractivity contribution in [3.8, 4) is 0 Å². The van der Waals surface area contributed by atoms with Crippen molar-refractivity contribution in [3.63, 3.8) is 0 Å². The van der Waals surface area contributed by atoms with Crippen molar-refractivity contribution in [2.75, 3.05) is 13.1 Å². The van der Waals surface area contributed by atoms with E-state index in [0.717, 1.165) is 11.8 Å². The van der Waals surface area contributed by atoms with Crippen molar-refractivity contribution in [1.82, 2.24) is 5.32 Å². The van der Waals surface area contributed by atoms with Crippen LogP contribution in [0.5, 0.6) is 0 Å². The fraction of sp³-hybridized carbons (Fsp3) is 0.857. The number of allylic oxidation sites excluding steroid dienone is 2. The monoisotopic (exact) mass is 207 g/mol. The summed E-state index contributed by atoms with van der Waals surface area (Å²) in [5.74, 6) is 1.98. The second kappa shape index (κ2) is 5.69. The molecule has 0 aromatic heterocycles. The van der Waals surface area contributed by atoms with E-state index in [0.29, 0.717) is 0 Å². The Morgan fingerprint density at radius 3 is 2.60 bits per heavy atom. The molecule has 1 heteroatoms. The van der Waals surface area contributed by atoms with Gasteiger partial charge < -0.3 is 5.32 Å². The molecule has 0 aromatic rings. The van der Waals surface area contributed by atoms with Crippen LogP contribution in [-0.2, 0) is 0 Å². The van der Waals surface area contributed by atoms with E-state index in [9.17, 15) is 0 Å². The summed E-state index contributed by atoms with van der Waals surface area (Å²) in [7, 11) is 0. The number of hydrogen-bond donors (Lipinski definition) is 1. The Labute approximate surface area is 94.3 Å². The zero-order valence-corrected chi connectivity index (χ0v) is 10.1. The highest BCUT2D eigenvalue weighted by Crippen LogP contribution is 2.32. The molecule has 0 spiro atoms. The SMILES string of the molecule is CCC1=CCC1CCNCCC1CCC1. The third-order valence-corrected chi connectivity index (χ3v) is 4.22. The van der Waals surface area contributed by atoms with Gasteiger partial charge in [0.1, 0.15) is 0 Å². The Morgan fingerprint density at radius 1 is 1.27 bits per heavy atom. The van der Waals surface area contributed by atoms with Crippen LogP contribution in [0.2, 0.25) is 0 Å². The average Bonchev–Trinajstić information content (AvgIpc) is 2.12. The molecule has 1 atom stereocenters. The summed E-state index contributed by atoms with van der Waals surface area (Å²) in [5, 5.41) is 3.60. The van der Waals surface area contributed by atoms with Crippen LogP contribution in [0.4, 0.5) is 0 Å². The lowest BCUT2D eigenvalue weighted by atomic mass is 9.81. The highest BCUT2D eigenvalue weighted by Gasteiger charge is 2.19. The third-order valence-electron chi connectivity index (χ3n) is 4.22. The van der Waals surface area contributed by atoms with E-state index in [4.69, 9.17) is 0 Å². The molecule has 0 saturated heterocycles. The summed E-state index contributed by atoms with van der Waals surface area (Å²) in [4.78, 5) is 0. The molecule has 0 bridgehead atoms. The molecule has 0 amide bonds. The second-order valence-corrected chi connectivity index (χ2v) is 5.19. The molecule has 0 radical (unpaired) electrons. The molecule has 2 aliphatic rings. The molecule has 2 aliphatic carbocycles. The maximum Gasteiger partial charge on any atom is -0.00431 e. The molecule has 86 valence electrons. The molecule has 1 saturated carbocycles. The van der Waals surface area contributed by atoms with E-state index >= 15 is 0 Å². The Hall–Kier alpha value is -0.300. The number of nitrogens with one attached hydrogen (secondary N) is 1. The van der Waals surface area contributed by atoms with Crippen molar-refractivity contribution in [2.24, 2.45) is 11.8 Å². The molecule has 2 rings (SSSR count). The first kappa shape index (κ1) is 11.2. The molecule has 0 heterocycles. The largest absolute Gasteiger partial charge is 0.317 e. The topological polar surface area (TPSA) is 12.0 Å². The van der Waals surface area contributed by atoms with Gasteiger partial charge >= 0.3 is 0 Å². The van der Waals surface area contributed by atoms with Gasteiger partial charge in [-0.05, 0) is 50.6 Å². The quantitative estimate of drug-likeness (QED) is 0.497. The highest BCUT2D eigenvalue weighted by atomic mass is 14.8. The average molecular weight is 207 g/mol. The molecule has 1 nitrogen and oxygen atoms in total. The summed E-state index contributed by atoms with van der Waals surface area (Å²) in [6.07, 6.45) is 12.3. The van der Waals surface area contributed by atoms with Gasteiger partial charge in [0.25, 0.3) is 0 Å². The minimum atomic E-state index is 0.922. The number of rotatable bonds is 7. The molecule has 1 unspecified atom stereocenters. The fourth-order valence-corrected chi connectivity index (χ4v) is 2.68. The van der Waals surface area contributed by atoms with Crippen LogP contribution in [-0.4, -0.2) is 13.1 Å². The first-order chi connectivity index (χ1) is 7.40. The Kier molecular flexibility index (Phi) is 4.25. The maximum atomic E-state index is 3.60. The van der Waals surface area contributed by atoms with Crippen LogP contribution in [0.3, 0.4) is 0 Å². The fourth-order valence-electron chi connectivity index (χ4n) is 2.68. The molecule has 1 N–H and O–H groups in total. The first-order valence-corrected chi connectivity index (χ1v) is 6.79. The number of hydrogen-bond acceptors (Lipinski definition) is 1. The zero-order chi connectivity index (χ0) is 10.5. The lowest BCUT2D eigenvalue weighted by Crippen LogP contribution is -2.25. The van der Waals surface area contributed by atoms with Crippen LogP contribution in [0.15, 0.2) is 11.6 Å². The van der Waals surface area contributed by atoms with E-state index in [1.165, 1.54) is 58.0 Å². The van der Waals surface area contributed by atoms with Gasteiger partial charge in [-0.15, -0.1) is 0 Å². The van der Waals surface area contributed by atoms with Crippen molar-refractivity contribution in [2.45, 2.75) is 51.9 Å². The minimum Gasteiger partial charge on any atom is -0.317 e. The van der Waals surface area contributed by atoms with Gasteiger partial charge in [0.05, 0.1) is 0 Å². The summed E-state index contributed by atoms with van der Waals surface area (Å²) in [6, 6.07) is 0. The highest BCUT2D eigenvalue weighted by molar-refractivity contribution is 5.17. The smallest absolute Gasteiger partial charge is 0.00431 e. The molecule has 15 heavy (non-hydrogen) atoms. The van der Waals surface area contributed by atoms with E-state index in [2.05, 4.69) is 18.3 Å². The van der Waals surface area contributed by atoms with Crippen LogP contribution in [0.25, 0.3) is 0 Å². The summed E-state index contributed by atoms with van der Waals surface area (Å²) >= 11 is 0. The Balaban J connectivity index is 1.43. The van der Waals surface area contributed by atoms with Gasteiger partial charge in [-0.3, -0.25) is 0 Å². The van der Waals surface area contributed by atoms with Crippen molar-refractivity contribution in [1.29, 1.82) is 0 Å². The summed E-state index contributed by atoms with van der Waals surface area (Å²) in [5.41, 5.74) is 1.70. The van der Waals surface area contributed by atoms with Gasteiger partial charge in [-0.25, -0.2) is 0 Å². The summed E-state index contributed by atoms with van der Waals surface area (Å²) in [6.45, 7) is 4.76. The third kappa shape index (κ3) is 3.07. The van der Waals surface area contributed by atoms with Crippen molar-refractivity contribution < 1.29 is 0 Å². The molecular weight excluding hydrogens is 182 g/mol. The van der Waals surface area contributed by atoms with Crippen molar-refractivity contribution >= 4 is 0 Å². The molecular formula is C14H25N. The lowest BCUT2D eigenvalue weighted by molar-refractivity contribution is 0.291. The van der Waals surface area contributed by atoms with Crippen LogP contribution < -0.4 is 5.32 Å². The van der Waals surface area contributed by atoms with Crippen molar-refractivity contribution in [3.05, 3.63) is 11.6 Å². The zero-order valence-electron chi connectivity index (χ0n) is 10.1. The van der Waals surface area contributed by atoms with E-state index in [1.54, 1.807) is 5.57 Å². The van der Waals surface area contributed by atoms with Gasteiger partial charge in [-0.1, -0.05) is 37.8 Å². The van der Waals surface area contributed by atoms with Gasteiger partial charge in [0, 0.05) is 0 Å². The van der Waals surface area contributed by atoms with Gasteiger partial charge in [0.15, 0.2) is 0 Å². The molecule has 0 aromatic carbocycles. The standard InChI is InChI=1S/C14H25N/c1-2-13-6-7-14(13)9-11-15-10-8-12-4-3-5-12/h6,12,14-15H,2-5,7-11H2,1H3. The Morgan fingerprint density at radius 2 is 2.07 bits per heavy atom. The molecule has 0 aliphatic heterocycles. The van der Waals surface area contributed by atoms with E-state index in [-0.39, 0.29) is 0 Å². The summed E-state index contributed by atoms with van der Waals surface area (Å²) < 4.78 is 0. The van der Waals surface area contributed by atoms with Crippen LogP contribution in [0, 0.1) is 11.8 Å². The van der Waals surface area contributed by atoms with E-state index in [1.807, 2.05) is 0 Å². The van der Waals surface area contributed by atoms with Crippen LogP contribution in [0.1, 0.15) is 51.9 Å². The molecule has 1 fully saturated rings.